The molecule has 1 N–H and O–H groups in total. The Labute approximate surface area is 164 Å². The lowest BCUT2D eigenvalue weighted by Gasteiger charge is -2.14. The molecule has 0 aliphatic carbocycles. The molecule has 2 aromatic rings. The number of aromatic nitrogens is 2. The summed E-state index contributed by atoms with van der Waals surface area (Å²) >= 11 is 3.34. The van der Waals surface area contributed by atoms with E-state index in [0.29, 0.717) is 0 Å². The number of carbonyl (C=O) groups excluding carboxylic acids is 2. The van der Waals surface area contributed by atoms with Crippen molar-refractivity contribution in [1.29, 1.82) is 0 Å². The number of nitro groups is 1. The molecule has 0 bridgehead atoms. The van der Waals surface area contributed by atoms with Crippen molar-refractivity contribution in [3.8, 4) is 0 Å². The molecule has 2 rings (SSSR count). The number of ether oxygens (including phenoxy) is 1. The van der Waals surface area contributed by atoms with Crippen molar-refractivity contribution in [1.82, 2.24) is 15.1 Å². The maximum atomic E-state index is 12.0. The van der Waals surface area contributed by atoms with E-state index in [1.807, 2.05) is 31.2 Å². The molecular weight excluding hydrogens is 420 g/mol. The summed E-state index contributed by atoms with van der Waals surface area (Å²) in [5, 5.41) is 17.7. The molecule has 1 atom stereocenters. The first-order valence-electron chi connectivity index (χ1n) is 8.08. The van der Waals surface area contributed by atoms with Crippen LogP contribution in [0.5, 0.6) is 0 Å². The Kier molecular flexibility index (Phi) is 6.67. The molecule has 0 saturated carbocycles. The predicted molar refractivity (Wildman–Crippen MR) is 100 cm³/mol. The predicted octanol–water partition coefficient (Wildman–Crippen LogP) is 2.59. The van der Waals surface area contributed by atoms with Gasteiger partial charge in [0.2, 0.25) is 0 Å². The highest BCUT2D eigenvalue weighted by Gasteiger charge is 2.23. The number of nitrogens with zero attached hydrogens (tertiary/aromatic N) is 3. The highest BCUT2D eigenvalue weighted by molar-refractivity contribution is 9.10. The highest BCUT2D eigenvalue weighted by atomic mass is 79.9. The van der Waals surface area contributed by atoms with Gasteiger partial charge in [-0.1, -0.05) is 28.1 Å². The van der Waals surface area contributed by atoms with Crippen molar-refractivity contribution < 1.29 is 19.2 Å². The average molecular weight is 439 g/mol. The normalized spacial score (nSPS) is 11.7. The molecule has 1 heterocycles. The van der Waals surface area contributed by atoms with Crippen molar-refractivity contribution >= 4 is 33.5 Å². The van der Waals surface area contributed by atoms with E-state index in [1.54, 1.807) is 0 Å². The van der Waals surface area contributed by atoms with Crippen LogP contribution in [-0.2, 0) is 20.9 Å². The van der Waals surface area contributed by atoms with Crippen molar-refractivity contribution in [2.75, 3.05) is 6.61 Å². The second-order valence-electron chi connectivity index (χ2n) is 5.94. The standard InChI is InChI=1S/C17H19BrN4O5/c1-10(13-4-6-14(18)7-5-13)19-15(23)9-27-16(24)8-21-12(3)17(22(25)26)11(2)20-21/h4-7,10H,8-9H2,1-3H3,(H,19,23). The number of carbonyl (C=O) groups is 2. The topological polar surface area (TPSA) is 116 Å². The van der Waals surface area contributed by atoms with Crippen LogP contribution in [0.25, 0.3) is 0 Å². The summed E-state index contributed by atoms with van der Waals surface area (Å²) in [6, 6.07) is 7.23. The van der Waals surface area contributed by atoms with Crippen LogP contribution < -0.4 is 5.32 Å². The maximum Gasteiger partial charge on any atom is 0.328 e. The fraction of sp³-hybridized carbons (Fsp3) is 0.353. The monoisotopic (exact) mass is 438 g/mol. The second-order valence-corrected chi connectivity index (χ2v) is 6.85. The third-order valence-corrected chi connectivity index (χ3v) is 4.45. The van der Waals surface area contributed by atoms with Crippen molar-refractivity contribution in [3.63, 3.8) is 0 Å². The minimum Gasteiger partial charge on any atom is -0.454 e. The van der Waals surface area contributed by atoms with Gasteiger partial charge in [0.15, 0.2) is 6.61 Å². The molecule has 1 aromatic heterocycles. The van der Waals surface area contributed by atoms with Gasteiger partial charge in [0, 0.05) is 4.47 Å². The molecule has 10 heteroatoms. The molecule has 0 aliphatic heterocycles. The summed E-state index contributed by atoms with van der Waals surface area (Å²) in [7, 11) is 0. The number of amides is 1. The van der Waals surface area contributed by atoms with Crippen LogP contribution in [0, 0.1) is 24.0 Å². The van der Waals surface area contributed by atoms with Crippen molar-refractivity contribution in [3.05, 3.63) is 55.8 Å². The van der Waals surface area contributed by atoms with E-state index in [0.717, 1.165) is 10.0 Å². The van der Waals surface area contributed by atoms with Crippen LogP contribution in [0.3, 0.4) is 0 Å². The Morgan fingerprint density at radius 2 is 1.96 bits per heavy atom. The summed E-state index contributed by atoms with van der Waals surface area (Å²) in [6.45, 7) is 4.05. The van der Waals surface area contributed by atoms with Gasteiger partial charge in [0.25, 0.3) is 5.91 Å². The van der Waals surface area contributed by atoms with Gasteiger partial charge in [-0.2, -0.15) is 5.10 Å². The van der Waals surface area contributed by atoms with Crippen LogP contribution in [0.15, 0.2) is 28.7 Å². The number of hydrogen-bond acceptors (Lipinski definition) is 6. The summed E-state index contributed by atoms with van der Waals surface area (Å²) in [5.74, 6) is -1.15. The Morgan fingerprint density at radius 3 is 2.52 bits per heavy atom. The summed E-state index contributed by atoms with van der Waals surface area (Å²) in [4.78, 5) is 34.3. The molecule has 1 unspecified atom stereocenters. The molecule has 1 aromatic carbocycles. The molecule has 144 valence electrons. The summed E-state index contributed by atoms with van der Waals surface area (Å²) in [5.41, 5.74) is 1.24. The van der Waals surface area contributed by atoms with Crippen LogP contribution in [0.2, 0.25) is 0 Å². The van der Waals surface area contributed by atoms with E-state index in [4.69, 9.17) is 4.74 Å². The number of benzene rings is 1. The first-order valence-corrected chi connectivity index (χ1v) is 8.87. The van der Waals surface area contributed by atoms with E-state index in [-0.39, 0.29) is 29.7 Å². The van der Waals surface area contributed by atoms with Gasteiger partial charge in [-0.25, -0.2) is 0 Å². The number of esters is 1. The molecule has 0 fully saturated rings. The number of halogens is 1. The number of aryl methyl sites for hydroxylation is 1. The van der Waals surface area contributed by atoms with Gasteiger partial charge in [0.1, 0.15) is 17.9 Å². The lowest BCUT2D eigenvalue weighted by Crippen LogP contribution is -2.31. The minimum atomic E-state index is -0.707. The van der Waals surface area contributed by atoms with Gasteiger partial charge in [-0.05, 0) is 38.5 Å². The van der Waals surface area contributed by atoms with Crippen LogP contribution in [0.4, 0.5) is 5.69 Å². The number of rotatable bonds is 7. The fourth-order valence-corrected chi connectivity index (χ4v) is 2.80. The Hall–Kier alpha value is -2.75. The number of nitrogens with one attached hydrogen (secondary N) is 1. The third kappa shape index (κ3) is 5.36. The summed E-state index contributed by atoms with van der Waals surface area (Å²) in [6.07, 6.45) is 0. The van der Waals surface area contributed by atoms with E-state index in [2.05, 4.69) is 26.3 Å². The Morgan fingerprint density at radius 1 is 1.33 bits per heavy atom. The smallest absolute Gasteiger partial charge is 0.328 e. The van der Waals surface area contributed by atoms with Crippen LogP contribution in [-0.4, -0.2) is 33.2 Å². The molecule has 0 radical (unpaired) electrons. The first-order chi connectivity index (χ1) is 12.7. The molecule has 0 saturated heterocycles. The lowest BCUT2D eigenvalue weighted by molar-refractivity contribution is -0.386. The minimum absolute atomic E-state index is 0.135. The van der Waals surface area contributed by atoms with Gasteiger partial charge >= 0.3 is 11.7 Å². The zero-order valence-electron chi connectivity index (χ0n) is 15.1. The SMILES string of the molecule is Cc1nn(CC(=O)OCC(=O)NC(C)c2ccc(Br)cc2)c(C)c1[N+](=O)[O-]. The molecule has 1 amide bonds. The number of hydrogen-bond donors (Lipinski definition) is 1. The molecular formula is C17H19BrN4O5. The highest BCUT2D eigenvalue weighted by Crippen LogP contribution is 2.21. The maximum absolute atomic E-state index is 12.0. The molecule has 0 aliphatic rings. The van der Waals surface area contributed by atoms with Gasteiger partial charge < -0.3 is 10.1 Å². The zero-order chi connectivity index (χ0) is 20.1. The largest absolute Gasteiger partial charge is 0.454 e. The van der Waals surface area contributed by atoms with Gasteiger partial charge in [-0.15, -0.1) is 0 Å². The van der Waals surface area contributed by atoms with Gasteiger partial charge in [0.05, 0.1) is 11.0 Å². The van der Waals surface area contributed by atoms with Crippen molar-refractivity contribution in [2.24, 2.45) is 0 Å². The Balaban J connectivity index is 1.86. The van der Waals surface area contributed by atoms with Gasteiger partial charge in [-0.3, -0.25) is 24.4 Å². The quantitative estimate of drug-likeness (QED) is 0.403. The molecule has 0 spiro atoms. The van der Waals surface area contributed by atoms with E-state index < -0.39 is 23.4 Å². The zero-order valence-corrected chi connectivity index (χ0v) is 16.6. The average Bonchev–Trinajstić information content (AvgIpc) is 2.87. The summed E-state index contributed by atoms with van der Waals surface area (Å²) < 4.78 is 7.07. The second kappa shape index (κ2) is 8.76. The third-order valence-electron chi connectivity index (χ3n) is 3.92. The first kappa shape index (κ1) is 20.6. The van der Waals surface area contributed by atoms with E-state index >= 15 is 0 Å². The fourth-order valence-electron chi connectivity index (χ4n) is 2.54. The van der Waals surface area contributed by atoms with Crippen LogP contribution in [0.1, 0.15) is 29.9 Å². The van der Waals surface area contributed by atoms with E-state index in [9.17, 15) is 19.7 Å². The van der Waals surface area contributed by atoms with Crippen LogP contribution >= 0.6 is 15.9 Å². The molecule has 9 nitrogen and oxygen atoms in total. The molecule has 27 heavy (non-hydrogen) atoms. The van der Waals surface area contributed by atoms with E-state index in [1.165, 1.54) is 18.5 Å². The van der Waals surface area contributed by atoms with Crippen molar-refractivity contribution in [2.45, 2.75) is 33.4 Å². The Bertz CT molecular complexity index is 863. The lowest BCUT2D eigenvalue weighted by atomic mass is 10.1.